The number of pyridine rings is 1. The second kappa shape index (κ2) is 10.9. The summed E-state index contributed by atoms with van der Waals surface area (Å²) in [5.41, 5.74) is 0.714. The van der Waals surface area contributed by atoms with E-state index in [4.69, 9.17) is 0 Å². The molecular weight excluding hydrogens is 496 g/mol. The summed E-state index contributed by atoms with van der Waals surface area (Å²) in [6, 6.07) is 4.04. The van der Waals surface area contributed by atoms with Crippen molar-refractivity contribution in [2.45, 2.75) is 33.1 Å². The first-order valence-electron chi connectivity index (χ1n) is 12.0. The lowest BCUT2D eigenvalue weighted by Crippen LogP contribution is -2.44. The van der Waals surface area contributed by atoms with E-state index in [1.54, 1.807) is 6.20 Å². The molecule has 34 heavy (non-hydrogen) atoms. The molecule has 2 aromatic rings. The van der Waals surface area contributed by atoms with Gasteiger partial charge in [-0.25, -0.2) is 9.97 Å². The number of likely N-dealkylation sites (N-methyl/N-ethyl adjacent to an activating group) is 1. The molecule has 3 N–H and O–H groups in total. The molecule has 2 aliphatic rings. The van der Waals surface area contributed by atoms with Crippen molar-refractivity contribution in [1.82, 2.24) is 25.2 Å². The summed E-state index contributed by atoms with van der Waals surface area (Å²) in [6.45, 7) is 9.61. The van der Waals surface area contributed by atoms with Crippen LogP contribution in [0.15, 0.2) is 29.0 Å². The normalized spacial score (nSPS) is 17.2. The zero-order valence-corrected chi connectivity index (χ0v) is 21.9. The van der Waals surface area contributed by atoms with Gasteiger partial charge >= 0.3 is 0 Å². The van der Waals surface area contributed by atoms with Crippen molar-refractivity contribution in [3.05, 3.63) is 29.0 Å². The zero-order chi connectivity index (χ0) is 24.1. The van der Waals surface area contributed by atoms with Gasteiger partial charge in [0.1, 0.15) is 11.6 Å². The Kier molecular flexibility index (Phi) is 7.88. The van der Waals surface area contributed by atoms with Gasteiger partial charge in [0.05, 0.1) is 16.4 Å². The number of halogens is 1. The minimum absolute atomic E-state index is 0.125. The van der Waals surface area contributed by atoms with Crippen LogP contribution >= 0.6 is 15.9 Å². The lowest BCUT2D eigenvalue weighted by atomic mass is 9.84. The second-order valence-corrected chi connectivity index (χ2v) is 10.9. The maximum absolute atomic E-state index is 12.2. The third-order valence-corrected chi connectivity index (χ3v) is 7.11. The fourth-order valence-corrected chi connectivity index (χ4v) is 4.22. The van der Waals surface area contributed by atoms with E-state index in [0.29, 0.717) is 24.9 Å². The largest absolute Gasteiger partial charge is 0.368 e. The monoisotopic (exact) mass is 530 g/mol. The molecule has 3 heterocycles. The van der Waals surface area contributed by atoms with Crippen LogP contribution in [-0.2, 0) is 4.79 Å². The Labute approximate surface area is 210 Å². The first-order valence-corrected chi connectivity index (χ1v) is 12.8. The van der Waals surface area contributed by atoms with Crippen molar-refractivity contribution in [3.63, 3.8) is 0 Å². The molecule has 2 fully saturated rings. The first kappa shape index (κ1) is 24.7. The molecule has 184 valence electrons. The summed E-state index contributed by atoms with van der Waals surface area (Å²) in [4.78, 5) is 30.4. The summed E-state index contributed by atoms with van der Waals surface area (Å²) in [7, 11) is 2.15. The quantitative estimate of drug-likeness (QED) is 0.453. The summed E-state index contributed by atoms with van der Waals surface area (Å²) in [6.07, 6.45) is 6.75. The molecule has 1 amide bonds. The Bertz CT molecular complexity index is 971. The van der Waals surface area contributed by atoms with E-state index >= 15 is 0 Å². The van der Waals surface area contributed by atoms with Crippen LogP contribution < -0.4 is 20.9 Å². The van der Waals surface area contributed by atoms with Crippen molar-refractivity contribution in [2.24, 2.45) is 11.3 Å². The lowest BCUT2D eigenvalue weighted by molar-refractivity contribution is -0.127. The van der Waals surface area contributed by atoms with Gasteiger partial charge in [0, 0.05) is 51.4 Å². The highest BCUT2D eigenvalue weighted by atomic mass is 79.9. The molecule has 2 aromatic heterocycles. The van der Waals surface area contributed by atoms with Gasteiger partial charge in [-0.2, -0.15) is 4.98 Å². The van der Waals surface area contributed by atoms with Gasteiger partial charge in [-0.05, 0) is 53.4 Å². The van der Waals surface area contributed by atoms with Gasteiger partial charge in [0.25, 0.3) is 0 Å². The molecule has 0 unspecified atom stereocenters. The van der Waals surface area contributed by atoms with Gasteiger partial charge < -0.3 is 25.8 Å². The molecule has 0 atom stereocenters. The highest BCUT2D eigenvalue weighted by Gasteiger charge is 2.27. The molecule has 0 radical (unpaired) electrons. The van der Waals surface area contributed by atoms with Crippen LogP contribution in [0.5, 0.6) is 0 Å². The first-order chi connectivity index (χ1) is 16.3. The molecule has 4 rings (SSSR count). The van der Waals surface area contributed by atoms with Crippen LogP contribution in [0.4, 0.5) is 23.3 Å². The molecule has 10 heteroatoms. The number of anilines is 4. The molecule has 1 aliphatic heterocycles. The summed E-state index contributed by atoms with van der Waals surface area (Å²) in [5, 5.41) is 9.74. The number of hydrogen-bond donors (Lipinski definition) is 3. The van der Waals surface area contributed by atoms with E-state index in [9.17, 15) is 4.79 Å². The molecule has 9 nitrogen and oxygen atoms in total. The van der Waals surface area contributed by atoms with Crippen molar-refractivity contribution >= 4 is 45.1 Å². The van der Waals surface area contributed by atoms with Gasteiger partial charge in [0.2, 0.25) is 11.9 Å². The molecular formula is C24H35BrN8O. The molecule has 0 bridgehead atoms. The number of carbonyl (C=O) groups excluding carboxylic acids is 1. The highest BCUT2D eigenvalue weighted by molar-refractivity contribution is 9.10. The molecule has 0 spiro atoms. The lowest BCUT2D eigenvalue weighted by Gasteiger charge is -2.33. The molecule has 1 saturated heterocycles. The number of hydrogen-bond acceptors (Lipinski definition) is 8. The van der Waals surface area contributed by atoms with Crippen molar-refractivity contribution in [3.8, 4) is 0 Å². The van der Waals surface area contributed by atoms with Crippen molar-refractivity contribution < 1.29 is 4.79 Å². The number of carbonyl (C=O) groups is 1. The van der Waals surface area contributed by atoms with Crippen LogP contribution in [0.1, 0.15) is 33.1 Å². The maximum Gasteiger partial charge on any atom is 0.229 e. The highest BCUT2D eigenvalue weighted by Crippen LogP contribution is 2.27. The number of nitrogens with one attached hydrogen (secondary N) is 3. The predicted molar refractivity (Wildman–Crippen MR) is 140 cm³/mol. The standard InChI is InChI=1S/C24H35BrN8O/c1-24(2,16-29-22(34)17-5-4-6-17)15-28-21-19(25)14-27-23(31-21)30-18-7-8-20(26-13-18)33-11-9-32(3)10-12-33/h7-8,13-14,17H,4-6,9-12,15-16H2,1-3H3,(H,29,34)(H2,27,28,30,31). The van der Waals surface area contributed by atoms with Crippen LogP contribution in [0, 0.1) is 11.3 Å². The number of amides is 1. The van der Waals surface area contributed by atoms with Crippen LogP contribution in [-0.4, -0.2) is 72.1 Å². The van der Waals surface area contributed by atoms with Crippen molar-refractivity contribution in [1.29, 1.82) is 0 Å². The van der Waals surface area contributed by atoms with Crippen LogP contribution in [0.2, 0.25) is 0 Å². The minimum Gasteiger partial charge on any atom is -0.368 e. The van der Waals surface area contributed by atoms with E-state index < -0.39 is 0 Å². The third kappa shape index (κ3) is 6.56. The Morgan fingerprint density at radius 3 is 2.53 bits per heavy atom. The zero-order valence-electron chi connectivity index (χ0n) is 20.3. The predicted octanol–water partition coefficient (Wildman–Crippen LogP) is 3.48. The van der Waals surface area contributed by atoms with Crippen molar-refractivity contribution in [2.75, 3.05) is 61.8 Å². The number of rotatable bonds is 9. The molecule has 0 aromatic carbocycles. The number of piperazine rings is 1. The smallest absolute Gasteiger partial charge is 0.229 e. The van der Waals surface area contributed by atoms with Gasteiger partial charge in [-0.15, -0.1) is 0 Å². The Balaban J connectivity index is 1.31. The topological polar surface area (TPSA) is 98.3 Å². The van der Waals surface area contributed by atoms with E-state index in [0.717, 1.165) is 61.4 Å². The average molecular weight is 532 g/mol. The van der Waals surface area contributed by atoms with Gasteiger partial charge in [-0.3, -0.25) is 4.79 Å². The summed E-state index contributed by atoms with van der Waals surface area (Å²) in [5.74, 6) is 2.58. The average Bonchev–Trinajstić information content (AvgIpc) is 2.78. The number of aromatic nitrogens is 3. The number of nitrogens with zero attached hydrogens (tertiary/aromatic N) is 5. The van der Waals surface area contributed by atoms with Crippen LogP contribution in [0.25, 0.3) is 0 Å². The van der Waals surface area contributed by atoms with E-state index in [1.165, 1.54) is 0 Å². The Morgan fingerprint density at radius 2 is 1.88 bits per heavy atom. The van der Waals surface area contributed by atoms with Crippen LogP contribution in [0.3, 0.4) is 0 Å². The summed E-state index contributed by atoms with van der Waals surface area (Å²) < 4.78 is 0.788. The maximum atomic E-state index is 12.2. The summed E-state index contributed by atoms with van der Waals surface area (Å²) >= 11 is 3.53. The fraction of sp³-hybridized carbons (Fsp3) is 0.583. The van der Waals surface area contributed by atoms with E-state index in [2.05, 4.69) is 77.5 Å². The van der Waals surface area contributed by atoms with Gasteiger partial charge in [0.15, 0.2) is 0 Å². The molecule has 1 saturated carbocycles. The van der Waals surface area contributed by atoms with Gasteiger partial charge in [-0.1, -0.05) is 20.3 Å². The fourth-order valence-electron chi connectivity index (χ4n) is 3.89. The molecule has 1 aliphatic carbocycles. The second-order valence-electron chi connectivity index (χ2n) is 10.1. The third-order valence-electron chi connectivity index (χ3n) is 6.53. The Morgan fingerprint density at radius 1 is 1.12 bits per heavy atom. The Hall–Kier alpha value is -2.46. The van der Waals surface area contributed by atoms with E-state index in [-0.39, 0.29) is 17.2 Å². The SMILES string of the molecule is CN1CCN(c2ccc(Nc3ncc(Br)c(NCC(C)(C)CNC(=O)C4CCC4)n3)cn2)CC1. The minimum atomic E-state index is -0.125. The van der Waals surface area contributed by atoms with E-state index in [1.807, 2.05) is 18.3 Å².